The average Bonchev–Trinajstić information content (AvgIpc) is 2.80. The predicted molar refractivity (Wildman–Crippen MR) is 79.7 cm³/mol. The van der Waals surface area contributed by atoms with Gasteiger partial charge in [-0.2, -0.15) is 0 Å². The Bertz CT molecular complexity index is 558. The summed E-state index contributed by atoms with van der Waals surface area (Å²) >= 11 is 0. The molecular weight excluding hydrogens is 236 g/mol. The Hall–Kier alpha value is -1.74. The molecule has 0 atom stereocenters. The van der Waals surface area contributed by atoms with Gasteiger partial charge in [0.25, 0.3) is 0 Å². The van der Waals surface area contributed by atoms with Crippen LogP contribution < -0.4 is 10.1 Å². The molecular formula is C16H22N2O. The van der Waals surface area contributed by atoms with Crippen LogP contribution >= 0.6 is 0 Å². The average molecular weight is 258 g/mol. The molecule has 1 aromatic carbocycles. The molecule has 0 aliphatic carbocycles. The molecule has 19 heavy (non-hydrogen) atoms. The zero-order valence-corrected chi connectivity index (χ0v) is 12.1. The normalized spacial score (nSPS) is 10.7. The topological polar surface area (TPSA) is 37.0 Å². The highest BCUT2D eigenvalue weighted by Gasteiger charge is 2.08. The number of nitrogens with one attached hydrogen (secondary N) is 2. The third kappa shape index (κ3) is 2.82. The lowest BCUT2D eigenvalue weighted by molar-refractivity contribution is 0.410. The van der Waals surface area contributed by atoms with Gasteiger partial charge in [0, 0.05) is 17.9 Å². The molecule has 3 nitrogen and oxygen atoms in total. The first-order valence-electron chi connectivity index (χ1n) is 6.70. The standard InChI is InChI=1S/C16H22N2O/c1-5-12-8-13(6-7-16(12)19-4)15-9-14(10-17-3)11(2)18-15/h6-9,17-18H,5,10H2,1-4H3. The van der Waals surface area contributed by atoms with Crippen LogP contribution in [0, 0.1) is 6.92 Å². The van der Waals surface area contributed by atoms with Crippen molar-refractivity contribution in [3.05, 3.63) is 41.1 Å². The van der Waals surface area contributed by atoms with E-state index in [0.717, 1.165) is 18.7 Å². The number of benzene rings is 1. The summed E-state index contributed by atoms with van der Waals surface area (Å²) in [4.78, 5) is 3.45. The van der Waals surface area contributed by atoms with E-state index in [0.29, 0.717) is 0 Å². The number of hydrogen-bond donors (Lipinski definition) is 2. The van der Waals surface area contributed by atoms with E-state index in [4.69, 9.17) is 4.74 Å². The van der Waals surface area contributed by atoms with E-state index in [1.807, 2.05) is 13.1 Å². The zero-order chi connectivity index (χ0) is 13.8. The van der Waals surface area contributed by atoms with Gasteiger partial charge in [-0.3, -0.25) is 0 Å². The van der Waals surface area contributed by atoms with Crippen molar-refractivity contribution in [2.45, 2.75) is 26.8 Å². The van der Waals surface area contributed by atoms with Gasteiger partial charge in [0.05, 0.1) is 7.11 Å². The highest BCUT2D eigenvalue weighted by molar-refractivity contribution is 5.64. The van der Waals surface area contributed by atoms with Gasteiger partial charge in [-0.1, -0.05) is 6.92 Å². The Kier molecular flexibility index (Phi) is 4.27. The van der Waals surface area contributed by atoms with Crippen LogP contribution in [0.2, 0.25) is 0 Å². The zero-order valence-electron chi connectivity index (χ0n) is 12.1. The molecule has 102 valence electrons. The second kappa shape index (κ2) is 5.93. The van der Waals surface area contributed by atoms with Gasteiger partial charge in [-0.15, -0.1) is 0 Å². The molecule has 0 aliphatic heterocycles. The number of H-pyrrole nitrogens is 1. The van der Waals surface area contributed by atoms with Crippen LogP contribution in [-0.2, 0) is 13.0 Å². The van der Waals surface area contributed by atoms with E-state index in [-0.39, 0.29) is 0 Å². The number of aromatic nitrogens is 1. The molecule has 2 rings (SSSR count). The highest BCUT2D eigenvalue weighted by Crippen LogP contribution is 2.27. The third-order valence-corrected chi connectivity index (χ3v) is 3.46. The van der Waals surface area contributed by atoms with Crippen molar-refractivity contribution in [1.29, 1.82) is 0 Å². The SMILES string of the molecule is CCc1cc(-c2cc(CNC)c(C)[nH]2)ccc1OC. The van der Waals surface area contributed by atoms with E-state index in [2.05, 4.69) is 42.3 Å². The maximum Gasteiger partial charge on any atom is 0.122 e. The molecule has 0 saturated heterocycles. The van der Waals surface area contributed by atoms with Crippen molar-refractivity contribution in [2.24, 2.45) is 0 Å². The van der Waals surface area contributed by atoms with Gasteiger partial charge in [0.1, 0.15) is 5.75 Å². The van der Waals surface area contributed by atoms with Crippen LogP contribution in [0.5, 0.6) is 5.75 Å². The Morgan fingerprint density at radius 3 is 2.63 bits per heavy atom. The second-order valence-corrected chi connectivity index (χ2v) is 4.74. The molecule has 0 radical (unpaired) electrons. The van der Waals surface area contributed by atoms with Crippen LogP contribution in [0.4, 0.5) is 0 Å². The molecule has 0 saturated carbocycles. The largest absolute Gasteiger partial charge is 0.496 e. The first-order chi connectivity index (χ1) is 9.19. The first kappa shape index (κ1) is 13.7. The fourth-order valence-electron chi connectivity index (χ4n) is 2.35. The lowest BCUT2D eigenvalue weighted by Gasteiger charge is -2.08. The Balaban J connectivity index is 2.38. The minimum atomic E-state index is 0.888. The molecule has 2 N–H and O–H groups in total. The Labute approximate surface area is 115 Å². The van der Waals surface area contributed by atoms with Crippen molar-refractivity contribution in [1.82, 2.24) is 10.3 Å². The fourth-order valence-corrected chi connectivity index (χ4v) is 2.35. The lowest BCUT2D eigenvalue weighted by Crippen LogP contribution is -2.04. The van der Waals surface area contributed by atoms with Crippen LogP contribution in [0.15, 0.2) is 24.3 Å². The van der Waals surface area contributed by atoms with Gasteiger partial charge >= 0.3 is 0 Å². The lowest BCUT2D eigenvalue weighted by atomic mass is 10.0. The van der Waals surface area contributed by atoms with Crippen molar-refractivity contribution in [3.8, 4) is 17.0 Å². The number of rotatable bonds is 5. The Morgan fingerprint density at radius 1 is 1.21 bits per heavy atom. The number of ether oxygens (including phenoxy) is 1. The first-order valence-corrected chi connectivity index (χ1v) is 6.70. The summed E-state index contributed by atoms with van der Waals surface area (Å²) in [5.41, 5.74) is 6.15. The van der Waals surface area contributed by atoms with E-state index in [1.54, 1.807) is 7.11 Å². The van der Waals surface area contributed by atoms with Crippen molar-refractivity contribution in [3.63, 3.8) is 0 Å². The van der Waals surface area contributed by atoms with Gasteiger partial charge in [0.2, 0.25) is 0 Å². The summed E-state index contributed by atoms with van der Waals surface area (Å²) in [6, 6.07) is 8.56. The quantitative estimate of drug-likeness (QED) is 0.863. The summed E-state index contributed by atoms with van der Waals surface area (Å²) in [6.45, 7) is 5.15. The summed E-state index contributed by atoms with van der Waals surface area (Å²) in [5.74, 6) is 0.963. The molecule has 0 fully saturated rings. The summed E-state index contributed by atoms with van der Waals surface area (Å²) in [6.07, 6.45) is 0.972. The summed E-state index contributed by atoms with van der Waals surface area (Å²) in [7, 11) is 3.69. The van der Waals surface area contributed by atoms with E-state index >= 15 is 0 Å². The third-order valence-electron chi connectivity index (χ3n) is 3.46. The van der Waals surface area contributed by atoms with Gasteiger partial charge < -0.3 is 15.0 Å². The van der Waals surface area contributed by atoms with E-state index < -0.39 is 0 Å². The smallest absolute Gasteiger partial charge is 0.122 e. The van der Waals surface area contributed by atoms with Crippen molar-refractivity contribution < 1.29 is 4.74 Å². The summed E-state index contributed by atoms with van der Waals surface area (Å²) < 4.78 is 5.37. The molecule has 0 unspecified atom stereocenters. The molecule has 1 heterocycles. The molecule has 1 aromatic heterocycles. The fraction of sp³-hybridized carbons (Fsp3) is 0.375. The maximum atomic E-state index is 5.37. The van der Waals surface area contributed by atoms with E-state index in [9.17, 15) is 0 Å². The monoisotopic (exact) mass is 258 g/mol. The number of aromatic amines is 1. The highest BCUT2D eigenvalue weighted by atomic mass is 16.5. The second-order valence-electron chi connectivity index (χ2n) is 4.74. The number of methoxy groups -OCH3 is 1. The van der Waals surface area contributed by atoms with Crippen molar-refractivity contribution in [2.75, 3.05) is 14.2 Å². The molecule has 3 heteroatoms. The molecule has 0 aliphatic rings. The molecule has 2 aromatic rings. The van der Waals surface area contributed by atoms with Gasteiger partial charge in [-0.05, 0) is 61.3 Å². The van der Waals surface area contributed by atoms with Crippen molar-refractivity contribution >= 4 is 0 Å². The van der Waals surface area contributed by atoms with Crippen LogP contribution in [0.3, 0.4) is 0 Å². The number of aryl methyl sites for hydroxylation is 2. The van der Waals surface area contributed by atoms with Crippen LogP contribution in [-0.4, -0.2) is 19.1 Å². The molecule has 0 bridgehead atoms. The molecule has 0 spiro atoms. The van der Waals surface area contributed by atoms with Crippen LogP contribution in [0.1, 0.15) is 23.7 Å². The molecule has 0 amide bonds. The minimum Gasteiger partial charge on any atom is -0.496 e. The van der Waals surface area contributed by atoms with Gasteiger partial charge in [0.15, 0.2) is 0 Å². The Morgan fingerprint density at radius 2 is 2.00 bits per heavy atom. The maximum absolute atomic E-state index is 5.37. The minimum absolute atomic E-state index is 0.888. The van der Waals surface area contributed by atoms with E-state index in [1.165, 1.54) is 28.1 Å². The predicted octanol–water partition coefficient (Wildman–Crippen LogP) is 3.28. The summed E-state index contributed by atoms with van der Waals surface area (Å²) in [5, 5.41) is 3.19. The van der Waals surface area contributed by atoms with Crippen LogP contribution in [0.25, 0.3) is 11.3 Å². The number of hydrogen-bond acceptors (Lipinski definition) is 2. The van der Waals surface area contributed by atoms with Gasteiger partial charge in [-0.25, -0.2) is 0 Å².